The van der Waals surface area contributed by atoms with Gasteiger partial charge in [-0.15, -0.1) is 0 Å². The summed E-state index contributed by atoms with van der Waals surface area (Å²) >= 11 is 0. The van der Waals surface area contributed by atoms with Gasteiger partial charge in [0, 0.05) is 6.54 Å². The van der Waals surface area contributed by atoms with Crippen LogP contribution in [0.5, 0.6) is 11.5 Å². The zero-order valence-corrected chi connectivity index (χ0v) is 14.9. The average molecular weight is 353 g/mol. The van der Waals surface area contributed by atoms with Gasteiger partial charge in [0.05, 0.1) is 7.11 Å². The van der Waals surface area contributed by atoms with Crippen LogP contribution in [0.3, 0.4) is 0 Å². The summed E-state index contributed by atoms with van der Waals surface area (Å²) in [6.07, 6.45) is 2.36. The maximum Gasteiger partial charge on any atom is 0.161 e. The third-order valence-electron chi connectivity index (χ3n) is 3.57. The molecule has 0 unspecified atom stereocenters. The van der Waals surface area contributed by atoms with Crippen LogP contribution in [0.2, 0.25) is 0 Å². The molecule has 3 nitrogen and oxygen atoms in total. The number of nitrogens with one attached hydrogen (secondary N) is 1. The van der Waals surface area contributed by atoms with Crippen molar-refractivity contribution in [1.82, 2.24) is 5.32 Å². The van der Waals surface area contributed by atoms with Gasteiger partial charge in [0.1, 0.15) is 12.4 Å². The van der Waals surface area contributed by atoms with Crippen LogP contribution in [-0.4, -0.2) is 13.7 Å². The number of hydrogen-bond donors (Lipinski definition) is 1. The Hall–Kier alpha value is -1.78. The van der Waals surface area contributed by atoms with E-state index in [0.29, 0.717) is 18.1 Å². The van der Waals surface area contributed by atoms with E-state index in [1.54, 1.807) is 19.2 Å². The smallest absolute Gasteiger partial charge is 0.161 e. The first kappa shape index (κ1) is 20.3. The fourth-order valence-electron chi connectivity index (χ4n) is 2.22. The van der Waals surface area contributed by atoms with Crippen molar-refractivity contribution in [3.63, 3.8) is 0 Å². The van der Waals surface area contributed by atoms with Gasteiger partial charge in [0.25, 0.3) is 0 Å². The standard InChI is InChI=1S/C19H24FNO2.ClH/c1-3-4-11-21-13-16-7-10-18(19(12-16)22-2)23-14-15-5-8-17(20)9-6-15;/h5-10,12,21H,3-4,11,13-14H2,1-2H3;1H/p-1. The Labute approximate surface area is 149 Å². The van der Waals surface area contributed by atoms with Crippen LogP contribution in [0, 0.1) is 5.82 Å². The van der Waals surface area contributed by atoms with Gasteiger partial charge in [-0.05, 0) is 48.4 Å². The molecular formula is C19H24ClFNO2-. The van der Waals surface area contributed by atoms with Gasteiger partial charge < -0.3 is 27.2 Å². The second-order valence-corrected chi connectivity index (χ2v) is 5.43. The Kier molecular flexibility index (Phi) is 9.20. The maximum absolute atomic E-state index is 12.9. The largest absolute Gasteiger partial charge is 1.00 e. The molecule has 0 fully saturated rings. The molecule has 5 heteroatoms. The van der Waals surface area contributed by atoms with Gasteiger partial charge in [-0.2, -0.15) is 0 Å². The lowest BCUT2D eigenvalue weighted by molar-refractivity contribution is -0.00000600. The van der Waals surface area contributed by atoms with E-state index in [4.69, 9.17) is 9.47 Å². The van der Waals surface area contributed by atoms with Crippen LogP contribution in [0.1, 0.15) is 30.9 Å². The first-order valence-electron chi connectivity index (χ1n) is 7.97. The van der Waals surface area contributed by atoms with E-state index in [2.05, 4.69) is 12.2 Å². The van der Waals surface area contributed by atoms with Crippen LogP contribution < -0.4 is 27.2 Å². The Bertz CT molecular complexity index is 605. The fraction of sp³-hybridized carbons (Fsp3) is 0.368. The molecule has 0 radical (unpaired) electrons. The lowest BCUT2D eigenvalue weighted by atomic mass is 10.2. The molecule has 0 atom stereocenters. The molecule has 2 aromatic rings. The highest BCUT2D eigenvalue weighted by molar-refractivity contribution is 5.43. The van der Waals surface area contributed by atoms with Crippen LogP contribution in [0.25, 0.3) is 0 Å². The number of benzene rings is 2. The zero-order valence-electron chi connectivity index (χ0n) is 14.1. The molecule has 24 heavy (non-hydrogen) atoms. The lowest BCUT2D eigenvalue weighted by Crippen LogP contribution is -3.00. The molecule has 0 aliphatic carbocycles. The average Bonchev–Trinajstić information content (AvgIpc) is 2.58. The molecule has 0 aliphatic heterocycles. The van der Waals surface area contributed by atoms with E-state index in [0.717, 1.165) is 24.2 Å². The van der Waals surface area contributed by atoms with Crippen molar-refractivity contribution in [3.05, 3.63) is 59.4 Å². The molecule has 0 amide bonds. The van der Waals surface area contributed by atoms with Crippen molar-refractivity contribution < 1.29 is 26.3 Å². The highest BCUT2D eigenvalue weighted by Gasteiger charge is 2.06. The minimum absolute atomic E-state index is 0. The minimum Gasteiger partial charge on any atom is -1.00 e. The number of methoxy groups -OCH3 is 1. The van der Waals surface area contributed by atoms with Crippen molar-refractivity contribution in [1.29, 1.82) is 0 Å². The molecule has 2 rings (SSSR count). The molecule has 2 aromatic carbocycles. The quantitative estimate of drug-likeness (QED) is 0.690. The summed E-state index contributed by atoms with van der Waals surface area (Å²) in [5.74, 6) is 1.15. The SMILES string of the molecule is CCCCNCc1ccc(OCc2ccc(F)cc2)c(OC)c1.[Cl-]. The van der Waals surface area contributed by atoms with Gasteiger partial charge in [0.2, 0.25) is 0 Å². The molecule has 0 aromatic heterocycles. The molecule has 0 bridgehead atoms. The van der Waals surface area contributed by atoms with Crippen molar-refractivity contribution in [3.8, 4) is 11.5 Å². The van der Waals surface area contributed by atoms with Crippen LogP contribution >= 0.6 is 0 Å². The van der Waals surface area contributed by atoms with Crippen LogP contribution in [-0.2, 0) is 13.2 Å². The summed E-state index contributed by atoms with van der Waals surface area (Å²) in [7, 11) is 1.63. The van der Waals surface area contributed by atoms with Gasteiger partial charge >= 0.3 is 0 Å². The molecule has 0 aliphatic rings. The number of rotatable bonds is 9. The fourth-order valence-corrected chi connectivity index (χ4v) is 2.22. The molecule has 0 spiro atoms. The van der Waals surface area contributed by atoms with E-state index in [-0.39, 0.29) is 18.2 Å². The topological polar surface area (TPSA) is 30.5 Å². The first-order chi connectivity index (χ1) is 11.2. The third-order valence-corrected chi connectivity index (χ3v) is 3.57. The number of unbranched alkanes of at least 4 members (excludes halogenated alkanes) is 1. The zero-order chi connectivity index (χ0) is 16.5. The van der Waals surface area contributed by atoms with E-state index >= 15 is 0 Å². The van der Waals surface area contributed by atoms with Crippen molar-refractivity contribution in [2.45, 2.75) is 32.9 Å². The first-order valence-corrected chi connectivity index (χ1v) is 7.97. The number of hydrogen-bond acceptors (Lipinski definition) is 3. The molecule has 0 saturated heterocycles. The molecule has 0 saturated carbocycles. The highest BCUT2D eigenvalue weighted by atomic mass is 35.5. The van der Waals surface area contributed by atoms with Gasteiger partial charge in [0.15, 0.2) is 11.5 Å². The van der Waals surface area contributed by atoms with E-state index in [9.17, 15) is 4.39 Å². The molecular weight excluding hydrogens is 329 g/mol. The van der Waals surface area contributed by atoms with E-state index in [1.807, 2.05) is 18.2 Å². The predicted octanol–water partition coefficient (Wildman–Crippen LogP) is 1.31. The summed E-state index contributed by atoms with van der Waals surface area (Å²) in [6, 6.07) is 12.2. The third kappa shape index (κ3) is 6.38. The lowest BCUT2D eigenvalue weighted by Gasteiger charge is -2.13. The van der Waals surface area contributed by atoms with Crippen LogP contribution in [0.4, 0.5) is 4.39 Å². The summed E-state index contributed by atoms with van der Waals surface area (Å²) in [4.78, 5) is 0. The number of ether oxygens (including phenoxy) is 2. The highest BCUT2D eigenvalue weighted by Crippen LogP contribution is 2.28. The van der Waals surface area contributed by atoms with Crippen LogP contribution in [0.15, 0.2) is 42.5 Å². The monoisotopic (exact) mass is 352 g/mol. The van der Waals surface area contributed by atoms with Gasteiger partial charge in [-0.1, -0.05) is 31.5 Å². The van der Waals surface area contributed by atoms with Gasteiger partial charge in [-0.3, -0.25) is 0 Å². The summed E-state index contributed by atoms with van der Waals surface area (Å²) < 4.78 is 24.1. The summed E-state index contributed by atoms with van der Waals surface area (Å²) in [5.41, 5.74) is 2.07. The maximum atomic E-state index is 12.9. The second-order valence-electron chi connectivity index (χ2n) is 5.43. The summed E-state index contributed by atoms with van der Waals surface area (Å²) in [6.45, 7) is 4.39. The van der Waals surface area contributed by atoms with Crippen molar-refractivity contribution >= 4 is 0 Å². The summed E-state index contributed by atoms with van der Waals surface area (Å²) in [5, 5.41) is 3.40. The Morgan fingerprint density at radius 1 is 1.00 bits per heavy atom. The minimum atomic E-state index is -0.244. The Morgan fingerprint density at radius 2 is 1.71 bits per heavy atom. The molecule has 132 valence electrons. The van der Waals surface area contributed by atoms with Crippen molar-refractivity contribution in [2.24, 2.45) is 0 Å². The second kappa shape index (κ2) is 10.9. The molecule has 0 heterocycles. The van der Waals surface area contributed by atoms with E-state index < -0.39 is 0 Å². The Balaban J connectivity index is 0.00000288. The van der Waals surface area contributed by atoms with Gasteiger partial charge in [-0.25, -0.2) is 4.39 Å². The van der Waals surface area contributed by atoms with E-state index in [1.165, 1.54) is 25.0 Å². The predicted molar refractivity (Wildman–Crippen MR) is 90.3 cm³/mol. The number of halogens is 2. The van der Waals surface area contributed by atoms with Crippen molar-refractivity contribution in [2.75, 3.05) is 13.7 Å². The Morgan fingerprint density at radius 3 is 2.38 bits per heavy atom. The molecule has 1 N–H and O–H groups in total. The normalized spacial score (nSPS) is 10.1.